The van der Waals surface area contributed by atoms with Crippen LogP contribution >= 0.6 is 12.2 Å². The lowest BCUT2D eigenvalue weighted by Crippen LogP contribution is -2.30. The van der Waals surface area contributed by atoms with Gasteiger partial charge in [-0.3, -0.25) is 0 Å². The number of aromatic hydroxyl groups is 1. The van der Waals surface area contributed by atoms with Gasteiger partial charge in [-0.15, -0.1) is 0 Å². The van der Waals surface area contributed by atoms with Crippen LogP contribution in [0.5, 0.6) is 17.2 Å². The molecule has 5 nitrogen and oxygen atoms in total. The van der Waals surface area contributed by atoms with E-state index in [-0.39, 0.29) is 5.75 Å². The van der Waals surface area contributed by atoms with Crippen molar-refractivity contribution in [3.63, 3.8) is 0 Å². The van der Waals surface area contributed by atoms with Crippen LogP contribution in [-0.2, 0) is 6.42 Å². The Balaban J connectivity index is 1.82. The Hall–Kier alpha value is -2.47. The number of anilines is 1. The first-order valence-corrected chi connectivity index (χ1v) is 7.58. The third-order valence-electron chi connectivity index (χ3n) is 3.27. The van der Waals surface area contributed by atoms with E-state index in [4.69, 9.17) is 21.7 Å². The lowest BCUT2D eigenvalue weighted by Gasteiger charge is -2.12. The van der Waals surface area contributed by atoms with Crippen LogP contribution in [0.15, 0.2) is 42.5 Å². The van der Waals surface area contributed by atoms with Crippen molar-refractivity contribution < 1.29 is 14.6 Å². The molecule has 0 aromatic heterocycles. The van der Waals surface area contributed by atoms with E-state index in [1.165, 1.54) is 0 Å². The SMILES string of the molecule is COc1ccc(CCNC(=S)Nc2ccc(O)cc2)cc1OC. The second-order valence-electron chi connectivity index (χ2n) is 4.87. The van der Waals surface area contributed by atoms with Gasteiger partial charge in [0.15, 0.2) is 16.6 Å². The second kappa shape index (κ2) is 8.24. The van der Waals surface area contributed by atoms with Gasteiger partial charge in [0.1, 0.15) is 5.75 Å². The molecule has 122 valence electrons. The second-order valence-corrected chi connectivity index (χ2v) is 5.28. The van der Waals surface area contributed by atoms with Crippen molar-refractivity contribution in [1.29, 1.82) is 0 Å². The molecule has 0 saturated heterocycles. The Morgan fingerprint density at radius 3 is 2.39 bits per heavy atom. The summed E-state index contributed by atoms with van der Waals surface area (Å²) in [5.74, 6) is 1.66. The molecule has 0 heterocycles. The van der Waals surface area contributed by atoms with Crippen molar-refractivity contribution in [3.05, 3.63) is 48.0 Å². The average molecular weight is 332 g/mol. The maximum atomic E-state index is 9.24. The van der Waals surface area contributed by atoms with Crippen molar-refractivity contribution in [3.8, 4) is 17.2 Å². The molecule has 23 heavy (non-hydrogen) atoms. The minimum atomic E-state index is 0.225. The van der Waals surface area contributed by atoms with Crippen LogP contribution in [0.4, 0.5) is 5.69 Å². The average Bonchev–Trinajstić information content (AvgIpc) is 2.56. The molecule has 0 radical (unpaired) electrons. The summed E-state index contributed by atoms with van der Waals surface area (Å²) in [7, 11) is 3.24. The highest BCUT2D eigenvalue weighted by Gasteiger charge is 2.04. The van der Waals surface area contributed by atoms with E-state index in [0.717, 1.165) is 23.4 Å². The number of thiocarbonyl (C=S) groups is 1. The molecule has 6 heteroatoms. The third-order valence-corrected chi connectivity index (χ3v) is 3.52. The summed E-state index contributed by atoms with van der Waals surface area (Å²) in [5.41, 5.74) is 1.95. The van der Waals surface area contributed by atoms with Gasteiger partial charge >= 0.3 is 0 Å². The Labute approximate surface area is 141 Å². The Morgan fingerprint density at radius 1 is 1.04 bits per heavy atom. The number of hydrogen-bond acceptors (Lipinski definition) is 4. The van der Waals surface area contributed by atoms with Crippen LogP contribution in [-0.4, -0.2) is 31.0 Å². The maximum Gasteiger partial charge on any atom is 0.170 e. The topological polar surface area (TPSA) is 62.8 Å². The summed E-state index contributed by atoms with van der Waals surface area (Å²) in [4.78, 5) is 0. The highest BCUT2D eigenvalue weighted by atomic mass is 32.1. The summed E-state index contributed by atoms with van der Waals surface area (Å²) >= 11 is 5.24. The van der Waals surface area contributed by atoms with E-state index in [9.17, 15) is 5.11 Å². The number of ether oxygens (including phenoxy) is 2. The first-order valence-electron chi connectivity index (χ1n) is 7.17. The minimum absolute atomic E-state index is 0.225. The van der Waals surface area contributed by atoms with Gasteiger partial charge in [0.05, 0.1) is 14.2 Å². The van der Waals surface area contributed by atoms with E-state index in [2.05, 4.69) is 10.6 Å². The molecule has 0 aliphatic rings. The Bertz CT molecular complexity index is 659. The summed E-state index contributed by atoms with van der Waals surface area (Å²) in [5, 5.41) is 16.0. The number of methoxy groups -OCH3 is 2. The number of phenolic OH excluding ortho intramolecular Hbond substituents is 1. The zero-order valence-electron chi connectivity index (χ0n) is 13.1. The molecule has 2 aromatic carbocycles. The summed E-state index contributed by atoms with van der Waals surface area (Å²) in [6, 6.07) is 12.6. The first-order chi connectivity index (χ1) is 11.1. The number of nitrogens with one attached hydrogen (secondary N) is 2. The van der Waals surface area contributed by atoms with Gasteiger partial charge in [-0.05, 0) is 60.6 Å². The monoisotopic (exact) mass is 332 g/mol. The fourth-order valence-electron chi connectivity index (χ4n) is 2.08. The smallest absolute Gasteiger partial charge is 0.170 e. The van der Waals surface area contributed by atoms with Crippen LogP contribution in [0.25, 0.3) is 0 Å². The van der Waals surface area contributed by atoms with Gasteiger partial charge in [0, 0.05) is 12.2 Å². The molecule has 0 saturated carbocycles. The molecule has 0 bridgehead atoms. The molecule has 0 spiro atoms. The van der Waals surface area contributed by atoms with Crippen LogP contribution in [0.2, 0.25) is 0 Å². The van der Waals surface area contributed by atoms with Crippen molar-refractivity contribution in [2.75, 3.05) is 26.1 Å². The van der Waals surface area contributed by atoms with E-state index in [1.807, 2.05) is 18.2 Å². The van der Waals surface area contributed by atoms with Crippen LogP contribution < -0.4 is 20.1 Å². The number of rotatable bonds is 6. The van der Waals surface area contributed by atoms with Gasteiger partial charge in [-0.1, -0.05) is 6.07 Å². The highest BCUT2D eigenvalue weighted by molar-refractivity contribution is 7.80. The zero-order chi connectivity index (χ0) is 16.7. The number of phenols is 1. The molecule has 0 fully saturated rings. The van der Waals surface area contributed by atoms with Gasteiger partial charge in [0.25, 0.3) is 0 Å². The van der Waals surface area contributed by atoms with Crippen LogP contribution in [0.1, 0.15) is 5.56 Å². The molecule has 0 atom stereocenters. The largest absolute Gasteiger partial charge is 0.508 e. The lowest BCUT2D eigenvalue weighted by molar-refractivity contribution is 0.354. The fourth-order valence-corrected chi connectivity index (χ4v) is 2.30. The summed E-state index contributed by atoms with van der Waals surface area (Å²) in [6.45, 7) is 0.694. The molecular weight excluding hydrogens is 312 g/mol. The number of hydrogen-bond donors (Lipinski definition) is 3. The quantitative estimate of drug-likeness (QED) is 0.558. The lowest BCUT2D eigenvalue weighted by atomic mass is 10.1. The molecule has 0 unspecified atom stereocenters. The minimum Gasteiger partial charge on any atom is -0.508 e. The van der Waals surface area contributed by atoms with Crippen molar-refractivity contribution in [2.24, 2.45) is 0 Å². The number of benzene rings is 2. The van der Waals surface area contributed by atoms with Gasteiger partial charge < -0.3 is 25.2 Å². The molecule has 2 aromatic rings. The summed E-state index contributed by atoms with van der Waals surface area (Å²) in [6.07, 6.45) is 0.803. The van der Waals surface area contributed by atoms with Crippen LogP contribution in [0, 0.1) is 0 Å². The third kappa shape index (κ3) is 5.03. The van der Waals surface area contributed by atoms with E-state index < -0.39 is 0 Å². The zero-order valence-corrected chi connectivity index (χ0v) is 13.9. The first kappa shape index (κ1) is 16.9. The highest BCUT2D eigenvalue weighted by Crippen LogP contribution is 2.27. The molecule has 0 aliphatic heterocycles. The molecule has 0 aliphatic carbocycles. The van der Waals surface area contributed by atoms with E-state index in [1.54, 1.807) is 38.5 Å². The normalized spacial score (nSPS) is 10.0. The Kier molecular flexibility index (Phi) is 6.05. The predicted octanol–water partition coefficient (Wildman–Crippen LogP) is 2.94. The maximum absolute atomic E-state index is 9.24. The van der Waals surface area contributed by atoms with E-state index in [0.29, 0.717) is 17.4 Å². The van der Waals surface area contributed by atoms with Crippen molar-refractivity contribution in [2.45, 2.75) is 6.42 Å². The van der Waals surface area contributed by atoms with Gasteiger partial charge in [0.2, 0.25) is 0 Å². The van der Waals surface area contributed by atoms with Gasteiger partial charge in [-0.2, -0.15) is 0 Å². The molecular formula is C17H20N2O3S. The van der Waals surface area contributed by atoms with Crippen LogP contribution in [0.3, 0.4) is 0 Å². The standard InChI is InChI=1S/C17H20N2O3S/c1-21-15-8-3-12(11-16(15)22-2)9-10-18-17(23)19-13-4-6-14(20)7-5-13/h3-8,11,20H,9-10H2,1-2H3,(H2,18,19,23). The molecule has 2 rings (SSSR count). The summed E-state index contributed by atoms with van der Waals surface area (Å²) < 4.78 is 10.5. The van der Waals surface area contributed by atoms with Crippen molar-refractivity contribution in [1.82, 2.24) is 5.32 Å². The Morgan fingerprint density at radius 2 is 1.74 bits per heavy atom. The van der Waals surface area contributed by atoms with Crippen molar-refractivity contribution >= 4 is 23.0 Å². The molecule has 0 amide bonds. The predicted molar refractivity (Wildman–Crippen MR) is 95.6 cm³/mol. The van der Waals surface area contributed by atoms with E-state index >= 15 is 0 Å². The van der Waals surface area contributed by atoms with Gasteiger partial charge in [-0.25, -0.2) is 0 Å². The molecule has 3 N–H and O–H groups in total. The fraction of sp³-hybridized carbons (Fsp3) is 0.235.